The van der Waals surface area contributed by atoms with Crippen LogP contribution in [0, 0.1) is 0 Å². The molecule has 0 aliphatic carbocycles. The van der Waals surface area contributed by atoms with Gasteiger partial charge in [0.1, 0.15) is 0 Å². The highest BCUT2D eigenvalue weighted by Crippen LogP contribution is 2.31. The number of hydrogen-bond acceptors (Lipinski definition) is 5. The second-order valence-electron chi connectivity index (χ2n) is 3.27. The summed E-state index contributed by atoms with van der Waals surface area (Å²) >= 11 is 0. The summed E-state index contributed by atoms with van der Waals surface area (Å²) in [6.07, 6.45) is -0.743. The molecule has 2 rings (SSSR count). The summed E-state index contributed by atoms with van der Waals surface area (Å²) in [5, 5.41) is 0. The maximum atomic E-state index is 11.4. The van der Waals surface area contributed by atoms with Crippen LogP contribution < -0.4 is 0 Å². The SMILES string of the molecule is COC(=O)c1ccc2c(c1)[C@@H](OC)OC2=O. The Balaban J connectivity index is 2.45. The van der Waals surface area contributed by atoms with E-state index in [1.54, 1.807) is 6.07 Å². The van der Waals surface area contributed by atoms with Crippen LogP contribution in [0.1, 0.15) is 32.6 Å². The molecule has 16 heavy (non-hydrogen) atoms. The topological polar surface area (TPSA) is 61.8 Å². The Kier molecular flexibility index (Phi) is 2.62. The summed E-state index contributed by atoms with van der Waals surface area (Å²) in [5.74, 6) is -0.907. The van der Waals surface area contributed by atoms with Gasteiger partial charge in [0.15, 0.2) is 0 Å². The highest BCUT2D eigenvalue weighted by Gasteiger charge is 2.31. The Labute approximate surface area is 91.9 Å². The van der Waals surface area contributed by atoms with Crippen molar-refractivity contribution in [1.82, 2.24) is 0 Å². The standard InChI is InChI=1S/C11H10O5/c1-14-9(12)6-3-4-7-8(5-6)11(15-2)16-10(7)13/h3-5,11H,1-2H3/t11-/m0/s1. The van der Waals surface area contributed by atoms with Gasteiger partial charge in [-0.05, 0) is 18.2 Å². The molecule has 1 aliphatic heterocycles. The summed E-state index contributed by atoms with van der Waals surface area (Å²) in [6, 6.07) is 4.59. The van der Waals surface area contributed by atoms with Gasteiger partial charge in [0, 0.05) is 12.7 Å². The molecule has 0 bridgehead atoms. The van der Waals surface area contributed by atoms with E-state index in [0.717, 1.165) is 0 Å². The molecule has 0 fully saturated rings. The second-order valence-corrected chi connectivity index (χ2v) is 3.27. The van der Waals surface area contributed by atoms with E-state index in [0.29, 0.717) is 16.7 Å². The molecule has 1 atom stereocenters. The van der Waals surface area contributed by atoms with Crippen LogP contribution in [0.25, 0.3) is 0 Å². The van der Waals surface area contributed by atoms with E-state index < -0.39 is 18.2 Å². The zero-order chi connectivity index (χ0) is 11.7. The number of fused-ring (bicyclic) bond motifs is 1. The molecule has 5 heteroatoms. The van der Waals surface area contributed by atoms with Crippen molar-refractivity contribution in [1.29, 1.82) is 0 Å². The van der Waals surface area contributed by atoms with Gasteiger partial charge in [0.05, 0.1) is 18.2 Å². The van der Waals surface area contributed by atoms with E-state index in [1.807, 2.05) is 0 Å². The van der Waals surface area contributed by atoms with Crippen LogP contribution >= 0.6 is 0 Å². The van der Waals surface area contributed by atoms with Crippen molar-refractivity contribution in [3.8, 4) is 0 Å². The van der Waals surface area contributed by atoms with Crippen LogP contribution in [0.4, 0.5) is 0 Å². The Hall–Kier alpha value is -1.88. The van der Waals surface area contributed by atoms with Crippen LogP contribution in [0.2, 0.25) is 0 Å². The number of carbonyl (C=O) groups is 2. The van der Waals surface area contributed by atoms with Crippen molar-refractivity contribution in [3.63, 3.8) is 0 Å². The Morgan fingerprint density at radius 2 is 2.12 bits per heavy atom. The molecule has 0 radical (unpaired) electrons. The molecular formula is C11H10O5. The lowest BCUT2D eigenvalue weighted by Gasteiger charge is -2.07. The molecule has 1 aliphatic rings. The van der Waals surface area contributed by atoms with Gasteiger partial charge in [0.2, 0.25) is 6.29 Å². The zero-order valence-corrected chi connectivity index (χ0v) is 8.85. The van der Waals surface area contributed by atoms with Crippen LogP contribution in [0.3, 0.4) is 0 Å². The van der Waals surface area contributed by atoms with E-state index in [9.17, 15) is 9.59 Å². The zero-order valence-electron chi connectivity index (χ0n) is 8.85. The molecule has 0 N–H and O–H groups in total. The third-order valence-electron chi connectivity index (χ3n) is 2.37. The van der Waals surface area contributed by atoms with Gasteiger partial charge >= 0.3 is 11.9 Å². The number of carbonyl (C=O) groups excluding carboxylic acids is 2. The number of cyclic esters (lactones) is 1. The average molecular weight is 222 g/mol. The second kappa shape index (κ2) is 3.94. The quantitative estimate of drug-likeness (QED) is 0.705. The molecule has 0 saturated heterocycles. The van der Waals surface area contributed by atoms with E-state index in [2.05, 4.69) is 4.74 Å². The summed E-state index contributed by atoms with van der Waals surface area (Å²) in [6.45, 7) is 0. The summed E-state index contributed by atoms with van der Waals surface area (Å²) < 4.78 is 14.5. The van der Waals surface area contributed by atoms with Gasteiger partial charge < -0.3 is 14.2 Å². The minimum absolute atomic E-state index is 0.363. The number of methoxy groups -OCH3 is 2. The Bertz CT molecular complexity index is 452. The first-order valence-corrected chi connectivity index (χ1v) is 4.63. The smallest absolute Gasteiger partial charge is 0.341 e. The van der Waals surface area contributed by atoms with Crippen LogP contribution in [-0.4, -0.2) is 26.2 Å². The van der Waals surface area contributed by atoms with Gasteiger partial charge in [-0.1, -0.05) is 0 Å². The van der Waals surface area contributed by atoms with Crippen LogP contribution in [0.5, 0.6) is 0 Å². The minimum atomic E-state index is -0.743. The van der Waals surface area contributed by atoms with Crippen LogP contribution in [0.15, 0.2) is 18.2 Å². The first-order chi connectivity index (χ1) is 7.67. The molecule has 0 aromatic heterocycles. The van der Waals surface area contributed by atoms with Crippen molar-refractivity contribution in [3.05, 3.63) is 34.9 Å². The molecule has 5 nitrogen and oxygen atoms in total. The fourth-order valence-corrected chi connectivity index (χ4v) is 1.59. The minimum Gasteiger partial charge on any atom is -0.465 e. The lowest BCUT2D eigenvalue weighted by Crippen LogP contribution is -2.04. The fourth-order valence-electron chi connectivity index (χ4n) is 1.59. The number of benzene rings is 1. The first kappa shape index (κ1) is 10.6. The highest BCUT2D eigenvalue weighted by molar-refractivity contribution is 5.96. The molecule has 1 aromatic rings. The Morgan fingerprint density at radius 3 is 2.75 bits per heavy atom. The molecular weight excluding hydrogens is 212 g/mol. The molecule has 0 amide bonds. The van der Waals surface area contributed by atoms with Gasteiger partial charge in [-0.15, -0.1) is 0 Å². The molecule has 84 valence electrons. The van der Waals surface area contributed by atoms with Gasteiger partial charge in [-0.25, -0.2) is 9.59 Å². The van der Waals surface area contributed by atoms with E-state index >= 15 is 0 Å². The number of hydrogen-bond donors (Lipinski definition) is 0. The van der Waals surface area contributed by atoms with Crippen molar-refractivity contribution in [2.75, 3.05) is 14.2 Å². The molecule has 1 heterocycles. The maximum Gasteiger partial charge on any atom is 0.341 e. The van der Waals surface area contributed by atoms with Gasteiger partial charge in [-0.3, -0.25) is 0 Å². The van der Waals surface area contributed by atoms with Crippen molar-refractivity contribution in [2.45, 2.75) is 6.29 Å². The summed E-state index contributed by atoms with van der Waals surface area (Å²) in [7, 11) is 2.73. The largest absolute Gasteiger partial charge is 0.465 e. The molecule has 0 unspecified atom stereocenters. The average Bonchev–Trinajstić information content (AvgIpc) is 2.64. The van der Waals surface area contributed by atoms with Gasteiger partial charge in [0.25, 0.3) is 0 Å². The van der Waals surface area contributed by atoms with Crippen molar-refractivity contribution >= 4 is 11.9 Å². The lowest BCUT2D eigenvalue weighted by molar-refractivity contribution is -0.0816. The predicted molar refractivity (Wildman–Crippen MR) is 52.9 cm³/mol. The molecule has 0 saturated carbocycles. The maximum absolute atomic E-state index is 11.4. The Morgan fingerprint density at radius 1 is 1.38 bits per heavy atom. The summed E-state index contributed by atoms with van der Waals surface area (Å²) in [4.78, 5) is 22.7. The third kappa shape index (κ3) is 1.55. The lowest BCUT2D eigenvalue weighted by atomic mass is 10.1. The van der Waals surface area contributed by atoms with E-state index in [1.165, 1.54) is 26.4 Å². The number of esters is 2. The van der Waals surface area contributed by atoms with E-state index in [4.69, 9.17) is 9.47 Å². The van der Waals surface area contributed by atoms with Crippen molar-refractivity contribution < 1.29 is 23.8 Å². The summed E-state index contributed by atoms with van der Waals surface area (Å²) in [5.41, 5.74) is 1.33. The number of ether oxygens (including phenoxy) is 3. The normalized spacial score (nSPS) is 17.9. The third-order valence-corrected chi connectivity index (χ3v) is 2.37. The monoisotopic (exact) mass is 222 g/mol. The van der Waals surface area contributed by atoms with E-state index in [-0.39, 0.29) is 0 Å². The fraction of sp³-hybridized carbons (Fsp3) is 0.273. The van der Waals surface area contributed by atoms with Gasteiger partial charge in [-0.2, -0.15) is 0 Å². The highest BCUT2D eigenvalue weighted by atomic mass is 16.7. The first-order valence-electron chi connectivity index (χ1n) is 4.63. The van der Waals surface area contributed by atoms with Crippen molar-refractivity contribution in [2.24, 2.45) is 0 Å². The molecule has 0 spiro atoms. The number of rotatable bonds is 2. The molecule has 1 aromatic carbocycles. The predicted octanol–water partition coefficient (Wildman–Crippen LogP) is 1.29. The van der Waals surface area contributed by atoms with Crippen LogP contribution in [-0.2, 0) is 14.2 Å².